The number of halogens is 2. The molecule has 0 atom stereocenters. The van der Waals surface area contributed by atoms with Crippen molar-refractivity contribution in [2.24, 2.45) is 0 Å². The second kappa shape index (κ2) is 13.5. The van der Waals surface area contributed by atoms with Crippen molar-refractivity contribution in [3.63, 3.8) is 0 Å². The first-order valence-corrected chi connectivity index (χ1v) is 14.8. The molecule has 1 aromatic heterocycles. The van der Waals surface area contributed by atoms with Crippen molar-refractivity contribution >= 4 is 17.6 Å². The van der Waals surface area contributed by atoms with Crippen molar-refractivity contribution in [2.45, 2.75) is 6.54 Å². The smallest absolute Gasteiger partial charge is 0.257 e. The van der Waals surface area contributed by atoms with E-state index in [2.05, 4.69) is 39.4 Å². The molecule has 4 aromatic carbocycles. The summed E-state index contributed by atoms with van der Waals surface area (Å²) in [7, 11) is 0. The van der Waals surface area contributed by atoms with Crippen molar-refractivity contribution in [3.05, 3.63) is 138 Å². The van der Waals surface area contributed by atoms with Gasteiger partial charge in [-0.1, -0.05) is 78.9 Å². The van der Waals surface area contributed by atoms with Crippen molar-refractivity contribution in [2.75, 3.05) is 37.6 Å². The molecule has 0 radical (unpaired) electrons. The maximum Gasteiger partial charge on any atom is 0.257 e. The van der Waals surface area contributed by atoms with Gasteiger partial charge in [-0.05, 0) is 53.1 Å². The third-order valence-electron chi connectivity index (χ3n) is 7.90. The summed E-state index contributed by atoms with van der Waals surface area (Å²) in [4.78, 5) is 31.8. The van der Waals surface area contributed by atoms with Crippen LogP contribution in [-0.2, 0) is 11.3 Å². The van der Waals surface area contributed by atoms with Crippen molar-refractivity contribution in [1.29, 1.82) is 0 Å². The molecule has 0 spiro atoms. The Balaban J connectivity index is 1.08. The standard InChI is InChI=1S/C36H31F2N5O2/c37-30-16-10-26(11-17-30)24-43(36(45)31-8-4-5-9-32(31)38)25-35(44)42-22-20-41(21-23-42)34-19-18-33(39-40-34)29-14-12-28(13-15-29)27-6-2-1-3-7-27/h1-19H,20-25H2. The number of hydrogen-bond donors (Lipinski definition) is 0. The van der Waals surface area contributed by atoms with Crippen LogP contribution in [0.3, 0.4) is 0 Å². The molecule has 5 aromatic rings. The molecule has 9 heteroatoms. The molecule has 45 heavy (non-hydrogen) atoms. The van der Waals surface area contributed by atoms with Crippen molar-refractivity contribution in [1.82, 2.24) is 20.0 Å². The molecule has 1 saturated heterocycles. The number of nitrogens with zero attached hydrogens (tertiary/aromatic N) is 5. The molecule has 7 nitrogen and oxygen atoms in total. The zero-order chi connectivity index (χ0) is 31.2. The first-order chi connectivity index (χ1) is 21.9. The van der Waals surface area contributed by atoms with E-state index in [0.717, 1.165) is 28.2 Å². The molecule has 1 fully saturated rings. The highest BCUT2D eigenvalue weighted by atomic mass is 19.1. The highest BCUT2D eigenvalue weighted by Gasteiger charge is 2.27. The number of hydrogen-bond acceptors (Lipinski definition) is 5. The minimum absolute atomic E-state index is 0.0378. The van der Waals surface area contributed by atoms with E-state index < -0.39 is 17.5 Å². The number of rotatable bonds is 8. The minimum atomic E-state index is -0.663. The topological polar surface area (TPSA) is 69.6 Å². The van der Waals surface area contributed by atoms with Gasteiger partial charge in [0.05, 0.1) is 11.3 Å². The summed E-state index contributed by atoms with van der Waals surface area (Å²) < 4.78 is 28.0. The number of aromatic nitrogens is 2. The predicted molar refractivity (Wildman–Crippen MR) is 169 cm³/mol. The number of amides is 2. The molecule has 0 bridgehead atoms. The maximum atomic E-state index is 14.5. The van der Waals surface area contributed by atoms with Gasteiger partial charge in [0.2, 0.25) is 5.91 Å². The molecule has 0 N–H and O–H groups in total. The Kier molecular flexibility index (Phi) is 8.86. The Bertz CT molecular complexity index is 1760. The van der Waals surface area contributed by atoms with Crippen molar-refractivity contribution in [3.8, 4) is 22.4 Å². The van der Waals surface area contributed by atoms with Gasteiger partial charge in [-0.25, -0.2) is 8.78 Å². The summed E-state index contributed by atoms with van der Waals surface area (Å²) in [5, 5.41) is 8.90. The lowest BCUT2D eigenvalue weighted by Gasteiger charge is -2.36. The van der Waals surface area contributed by atoms with Gasteiger partial charge in [0.25, 0.3) is 5.91 Å². The first kappa shape index (κ1) is 29.6. The van der Waals surface area contributed by atoms with Gasteiger partial charge in [0.1, 0.15) is 18.2 Å². The van der Waals surface area contributed by atoms with Crippen LogP contribution >= 0.6 is 0 Å². The molecular formula is C36H31F2N5O2. The van der Waals surface area contributed by atoms with Gasteiger partial charge in [-0.2, -0.15) is 0 Å². The van der Waals surface area contributed by atoms with E-state index in [9.17, 15) is 18.4 Å². The highest BCUT2D eigenvalue weighted by molar-refractivity contribution is 5.96. The fourth-order valence-electron chi connectivity index (χ4n) is 5.37. The van der Waals surface area contributed by atoms with E-state index in [1.54, 1.807) is 23.1 Å². The Hall–Kier alpha value is -5.44. The number of benzene rings is 4. The minimum Gasteiger partial charge on any atom is -0.352 e. The van der Waals surface area contributed by atoms with Crippen LogP contribution < -0.4 is 4.90 Å². The van der Waals surface area contributed by atoms with Gasteiger partial charge in [0.15, 0.2) is 5.82 Å². The monoisotopic (exact) mass is 603 g/mol. The molecule has 1 aliphatic rings. The molecule has 1 aliphatic heterocycles. The normalized spacial score (nSPS) is 13.0. The van der Waals surface area contributed by atoms with Gasteiger partial charge in [-0.3, -0.25) is 9.59 Å². The van der Waals surface area contributed by atoms with Crippen LogP contribution in [0.2, 0.25) is 0 Å². The van der Waals surface area contributed by atoms with E-state index in [4.69, 9.17) is 0 Å². The largest absolute Gasteiger partial charge is 0.352 e. The second-order valence-electron chi connectivity index (χ2n) is 10.9. The summed E-state index contributed by atoms with van der Waals surface area (Å²) in [5.74, 6) is -1.20. The molecule has 6 rings (SSSR count). The van der Waals surface area contributed by atoms with Crippen LogP contribution in [0.5, 0.6) is 0 Å². The van der Waals surface area contributed by atoms with E-state index in [0.29, 0.717) is 31.7 Å². The van der Waals surface area contributed by atoms with Crippen molar-refractivity contribution < 1.29 is 18.4 Å². The maximum absolute atomic E-state index is 14.5. The average molecular weight is 604 g/mol. The third kappa shape index (κ3) is 7.04. The Morgan fingerprint density at radius 1 is 0.667 bits per heavy atom. The van der Waals surface area contributed by atoms with E-state index in [1.807, 2.05) is 42.5 Å². The predicted octanol–water partition coefficient (Wildman–Crippen LogP) is 6.08. The van der Waals surface area contributed by atoms with E-state index in [1.165, 1.54) is 35.2 Å². The Morgan fingerprint density at radius 3 is 1.98 bits per heavy atom. The zero-order valence-electron chi connectivity index (χ0n) is 24.5. The average Bonchev–Trinajstić information content (AvgIpc) is 3.09. The highest BCUT2D eigenvalue weighted by Crippen LogP contribution is 2.24. The molecule has 0 saturated carbocycles. The van der Waals surface area contributed by atoms with Gasteiger partial charge < -0.3 is 14.7 Å². The summed E-state index contributed by atoms with van der Waals surface area (Å²) >= 11 is 0. The fourth-order valence-corrected chi connectivity index (χ4v) is 5.37. The quantitative estimate of drug-likeness (QED) is 0.215. The molecule has 0 unspecified atom stereocenters. The number of carbonyl (C=O) groups is 2. The number of carbonyl (C=O) groups excluding carboxylic acids is 2. The molecule has 2 heterocycles. The van der Waals surface area contributed by atoms with Crippen LogP contribution in [0, 0.1) is 11.6 Å². The van der Waals surface area contributed by atoms with E-state index >= 15 is 0 Å². The van der Waals surface area contributed by atoms with Gasteiger partial charge in [-0.15, -0.1) is 10.2 Å². The molecular weight excluding hydrogens is 572 g/mol. The second-order valence-corrected chi connectivity index (χ2v) is 10.9. The lowest BCUT2D eigenvalue weighted by atomic mass is 10.0. The van der Waals surface area contributed by atoms with Gasteiger partial charge in [0, 0.05) is 38.3 Å². The van der Waals surface area contributed by atoms with Gasteiger partial charge >= 0.3 is 0 Å². The van der Waals surface area contributed by atoms with Crippen LogP contribution in [0.1, 0.15) is 15.9 Å². The summed E-state index contributed by atoms with van der Waals surface area (Å²) in [5.41, 5.74) is 4.54. The molecule has 2 amide bonds. The molecule has 0 aliphatic carbocycles. The first-order valence-electron chi connectivity index (χ1n) is 14.8. The van der Waals surface area contributed by atoms with Crippen LogP contribution in [-0.4, -0.2) is 64.5 Å². The zero-order valence-corrected chi connectivity index (χ0v) is 24.5. The van der Waals surface area contributed by atoms with Crippen LogP contribution in [0.25, 0.3) is 22.4 Å². The summed E-state index contributed by atoms with van der Waals surface area (Å²) in [6.45, 7) is 1.76. The number of piperazine rings is 1. The van der Waals surface area contributed by atoms with Crippen LogP contribution in [0.15, 0.2) is 115 Å². The Labute approximate surface area is 260 Å². The Morgan fingerprint density at radius 2 is 1.31 bits per heavy atom. The van der Waals surface area contributed by atoms with E-state index in [-0.39, 0.29) is 24.6 Å². The lowest BCUT2D eigenvalue weighted by molar-refractivity contribution is -0.132. The molecule has 226 valence electrons. The number of anilines is 1. The fraction of sp³-hybridized carbons (Fsp3) is 0.167. The summed E-state index contributed by atoms with van der Waals surface area (Å²) in [6, 6.07) is 33.6. The lowest BCUT2D eigenvalue weighted by Crippen LogP contribution is -2.52. The third-order valence-corrected chi connectivity index (χ3v) is 7.90. The van der Waals surface area contributed by atoms with Crippen LogP contribution in [0.4, 0.5) is 14.6 Å². The SMILES string of the molecule is O=C(CN(Cc1ccc(F)cc1)C(=O)c1ccccc1F)N1CCN(c2ccc(-c3ccc(-c4ccccc4)cc3)nn2)CC1. The summed E-state index contributed by atoms with van der Waals surface area (Å²) in [6.07, 6.45) is 0.